The second-order valence-corrected chi connectivity index (χ2v) is 13.8. The number of ether oxygens (including phenoxy) is 1. The molecule has 3 aliphatic heterocycles. The molecule has 0 unspecified atom stereocenters. The molecule has 3 aliphatic rings. The molecule has 0 atom stereocenters. The average molecular weight is 611 g/mol. The number of aryl methyl sites for hydroxylation is 1. The Morgan fingerprint density at radius 1 is 1.05 bits per heavy atom. The number of nitrogens with zero attached hydrogens (tertiary/aromatic N) is 5. The summed E-state index contributed by atoms with van der Waals surface area (Å²) in [5.41, 5.74) is 9.24. The Bertz CT molecular complexity index is 1770. The molecular weight excluding hydrogens is 579 g/mol. The molecule has 2 N–H and O–H groups in total. The SMILES string of the molecule is Cc1ccc(S(=O)(=O)Oc2nc(OCC34CCCN3CCC4)nc3c2CCN(c2ccc(F)c4sc(N)nc24)C3)cc1. The van der Waals surface area contributed by atoms with Crippen molar-refractivity contribution >= 4 is 42.5 Å². The lowest BCUT2D eigenvalue weighted by atomic mass is 9.95. The Morgan fingerprint density at radius 2 is 1.81 bits per heavy atom. The largest absolute Gasteiger partial charge is 0.461 e. The summed E-state index contributed by atoms with van der Waals surface area (Å²) in [5.74, 6) is -0.396. The summed E-state index contributed by atoms with van der Waals surface area (Å²) in [6.07, 6.45) is 4.76. The number of fused-ring (bicyclic) bond motifs is 3. The van der Waals surface area contributed by atoms with Gasteiger partial charge in [0.1, 0.15) is 22.8 Å². The highest BCUT2D eigenvalue weighted by Crippen LogP contribution is 2.40. The quantitative estimate of drug-likeness (QED) is 0.300. The topological polar surface area (TPSA) is 124 Å². The maximum absolute atomic E-state index is 14.5. The van der Waals surface area contributed by atoms with Crippen molar-refractivity contribution in [2.75, 3.05) is 36.9 Å². The maximum atomic E-state index is 14.5. The highest BCUT2D eigenvalue weighted by molar-refractivity contribution is 7.87. The van der Waals surface area contributed by atoms with Gasteiger partial charge in [0.15, 0.2) is 5.13 Å². The molecule has 0 spiro atoms. The Kier molecular flexibility index (Phi) is 6.70. The van der Waals surface area contributed by atoms with Gasteiger partial charge in [0.05, 0.1) is 28.2 Å². The van der Waals surface area contributed by atoms with Crippen LogP contribution < -0.4 is 19.6 Å². The molecule has 2 aromatic carbocycles. The third-order valence-corrected chi connectivity index (χ3v) is 10.7. The number of aromatic nitrogens is 3. The molecular formula is C29H31FN6O4S2. The minimum Gasteiger partial charge on any atom is -0.461 e. The lowest BCUT2D eigenvalue weighted by Gasteiger charge is -2.32. The van der Waals surface area contributed by atoms with Crippen LogP contribution in [0.3, 0.4) is 0 Å². The van der Waals surface area contributed by atoms with Crippen molar-refractivity contribution in [3.05, 3.63) is 59.0 Å². The van der Waals surface area contributed by atoms with E-state index in [0.29, 0.717) is 47.6 Å². The van der Waals surface area contributed by atoms with Crippen molar-refractivity contribution in [3.8, 4) is 11.9 Å². The van der Waals surface area contributed by atoms with Crippen molar-refractivity contribution in [2.45, 2.75) is 56.0 Å². The van der Waals surface area contributed by atoms with Crippen molar-refractivity contribution < 1.29 is 21.7 Å². The molecule has 7 rings (SSSR count). The van der Waals surface area contributed by atoms with Crippen LogP contribution >= 0.6 is 11.3 Å². The zero-order valence-corrected chi connectivity index (χ0v) is 24.8. The molecule has 0 saturated carbocycles. The minimum absolute atomic E-state index is 0.0235. The number of thiazole rings is 1. The summed E-state index contributed by atoms with van der Waals surface area (Å²) < 4.78 is 53.4. The number of hydrogen-bond donors (Lipinski definition) is 1. The fourth-order valence-corrected chi connectivity index (χ4v) is 8.13. The second-order valence-electron chi connectivity index (χ2n) is 11.3. The van der Waals surface area contributed by atoms with Crippen LogP contribution in [0.25, 0.3) is 10.2 Å². The van der Waals surface area contributed by atoms with Gasteiger partial charge in [0.2, 0.25) is 5.88 Å². The van der Waals surface area contributed by atoms with Crippen LogP contribution in [0.5, 0.6) is 11.9 Å². The number of anilines is 2. The van der Waals surface area contributed by atoms with Gasteiger partial charge in [-0.2, -0.15) is 18.4 Å². The summed E-state index contributed by atoms with van der Waals surface area (Å²) >= 11 is 1.11. The predicted octanol–water partition coefficient (Wildman–Crippen LogP) is 4.45. The summed E-state index contributed by atoms with van der Waals surface area (Å²) in [4.78, 5) is 18.2. The summed E-state index contributed by atoms with van der Waals surface area (Å²) in [6.45, 7) is 5.23. The highest BCUT2D eigenvalue weighted by Gasteiger charge is 2.45. The van der Waals surface area contributed by atoms with Crippen LogP contribution in [-0.4, -0.2) is 60.0 Å². The standard InChI is InChI=1S/C29H31FN6O4S2/c1-18-4-6-19(7-5-18)42(37,38)40-26-20-10-15-35(23-9-8-21(30)25-24(23)33-27(31)41-25)16-22(20)32-28(34-26)39-17-29-11-2-13-36(29)14-3-12-29/h4-9H,2-3,10-17H2,1H3,(H2,31,33). The van der Waals surface area contributed by atoms with Crippen molar-refractivity contribution in [3.63, 3.8) is 0 Å². The van der Waals surface area contributed by atoms with Gasteiger partial charge < -0.3 is 19.6 Å². The smallest absolute Gasteiger partial charge is 0.340 e. The number of halogens is 1. The summed E-state index contributed by atoms with van der Waals surface area (Å²) in [5, 5.41) is 0.288. The lowest BCUT2D eigenvalue weighted by molar-refractivity contribution is 0.107. The van der Waals surface area contributed by atoms with E-state index in [4.69, 9.17) is 19.6 Å². The first kappa shape index (κ1) is 27.3. The Hall–Kier alpha value is -3.55. The van der Waals surface area contributed by atoms with Crippen LogP contribution in [0.2, 0.25) is 0 Å². The molecule has 4 aromatic rings. The Morgan fingerprint density at radius 3 is 2.57 bits per heavy atom. The fourth-order valence-electron chi connectivity index (χ4n) is 6.46. The molecule has 0 radical (unpaired) electrons. The monoisotopic (exact) mass is 610 g/mol. The van der Waals surface area contributed by atoms with E-state index in [1.807, 2.05) is 11.8 Å². The molecule has 2 aromatic heterocycles. The average Bonchev–Trinajstić information content (AvgIpc) is 3.66. The van der Waals surface area contributed by atoms with Gasteiger partial charge in [0.25, 0.3) is 0 Å². The zero-order valence-electron chi connectivity index (χ0n) is 23.2. The van der Waals surface area contributed by atoms with E-state index < -0.39 is 10.1 Å². The van der Waals surface area contributed by atoms with E-state index in [1.54, 1.807) is 18.2 Å². The Labute approximate surface area is 247 Å². The van der Waals surface area contributed by atoms with E-state index >= 15 is 0 Å². The summed E-state index contributed by atoms with van der Waals surface area (Å²) in [7, 11) is -4.15. The minimum atomic E-state index is -4.15. The van der Waals surface area contributed by atoms with Gasteiger partial charge in [0, 0.05) is 12.1 Å². The van der Waals surface area contributed by atoms with Crippen LogP contribution in [0, 0.1) is 12.7 Å². The molecule has 13 heteroatoms. The molecule has 0 amide bonds. The Balaban J connectivity index is 1.24. The second kappa shape index (κ2) is 10.3. The number of benzene rings is 2. The number of nitrogen functional groups attached to an aromatic ring is 1. The fraction of sp³-hybridized carbons (Fsp3) is 0.414. The zero-order chi connectivity index (χ0) is 29.1. The normalized spacial score (nSPS) is 18.3. The molecule has 0 aliphatic carbocycles. The third kappa shape index (κ3) is 4.82. The predicted molar refractivity (Wildman–Crippen MR) is 158 cm³/mol. The van der Waals surface area contributed by atoms with Gasteiger partial charge in [-0.15, -0.1) is 0 Å². The first-order valence-electron chi connectivity index (χ1n) is 14.1. The number of hydrogen-bond acceptors (Lipinski definition) is 11. The lowest BCUT2D eigenvalue weighted by Crippen LogP contribution is -2.43. The van der Waals surface area contributed by atoms with E-state index in [-0.39, 0.29) is 33.3 Å². The maximum Gasteiger partial charge on any atom is 0.340 e. The molecule has 10 nitrogen and oxygen atoms in total. The highest BCUT2D eigenvalue weighted by atomic mass is 32.2. The molecule has 0 bridgehead atoms. The van der Waals surface area contributed by atoms with Crippen molar-refractivity contribution in [1.82, 2.24) is 19.9 Å². The van der Waals surface area contributed by atoms with Crippen molar-refractivity contribution in [1.29, 1.82) is 0 Å². The van der Waals surface area contributed by atoms with Crippen LogP contribution in [-0.2, 0) is 23.1 Å². The number of rotatable bonds is 7. The first-order chi connectivity index (χ1) is 20.2. The first-order valence-corrected chi connectivity index (χ1v) is 16.3. The van der Waals surface area contributed by atoms with E-state index in [0.717, 1.165) is 61.4 Å². The summed E-state index contributed by atoms with van der Waals surface area (Å²) in [6, 6.07) is 9.67. The van der Waals surface area contributed by atoms with Crippen LogP contribution in [0.4, 0.5) is 15.2 Å². The molecule has 5 heterocycles. The van der Waals surface area contributed by atoms with E-state index in [1.165, 1.54) is 18.2 Å². The van der Waals surface area contributed by atoms with Crippen LogP contribution in [0.15, 0.2) is 41.3 Å². The molecule has 2 saturated heterocycles. The third-order valence-electron chi connectivity index (χ3n) is 8.62. The molecule has 2 fully saturated rings. The van der Waals surface area contributed by atoms with E-state index in [9.17, 15) is 12.8 Å². The van der Waals surface area contributed by atoms with Gasteiger partial charge in [-0.3, -0.25) is 4.90 Å². The van der Waals surface area contributed by atoms with E-state index in [2.05, 4.69) is 14.9 Å². The molecule has 42 heavy (non-hydrogen) atoms. The van der Waals surface area contributed by atoms with Gasteiger partial charge in [-0.05, 0) is 76.4 Å². The van der Waals surface area contributed by atoms with Gasteiger partial charge in [-0.25, -0.2) is 9.37 Å². The van der Waals surface area contributed by atoms with Crippen molar-refractivity contribution in [2.24, 2.45) is 0 Å². The van der Waals surface area contributed by atoms with Gasteiger partial charge in [-0.1, -0.05) is 29.0 Å². The van der Waals surface area contributed by atoms with Gasteiger partial charge >= 0.3 is 16.1 Å². The van der Waals surface area contributed by atoms with Crippen LogP contribution in [0.1, 0.15) is 42.5 Å². The molecule has 220 valence electrons. The number of nitrogens with two attached hydrogens (primary N) is 1.